The number of nitrogens with one attached hydrogen (secondary N) is 1. The first-order valence-electron chi connectivity index (χ1n) is 5.67. The van der Waals surface area contributed by atoms with Crippen molar-refractivity contribution in [3.05, 3.63) is 22.2 Å². The molecule has 3 nitrogen and oxygen atoms in total. The average molecular weight is 277 g/mol. The maximum Gasteiger partial charge on any atom is 0.0614 e. The standard InChI is InChI=1S/C12H18Cl2N2O/c1-2-8(3-4-17)7-16-12-6-10(14)9(13)5-11(12)15/h5-6,8,16-17H,2-4,7,15H2,1H3. The first-order valence-corrected chi connectivity index (χ1v) is 6.43. The molecule has 1 aromatic rings. The van der Waals surface area contributed by atoms with Crippen molar-refractivity contribution >= 4 is 34.6 Å². The summed E-state index contributed by atoms with van der Waals surface area (Å²) in [7, 11) is 0. The molecule has 1 atom stereocenters. The topological polar surface area (TPSA) is 58.3 Å². The van der Waals surface area contributed by atoms with Crippen LogP contribution in [0.5, 0.6) is 0 Å². The lowest BCUT2D eigenvalue weighted by atomic mass is 10.0. The van der Waals surface area contributed by atoms with E-state index in [0.717, 1.165) is 25.1 Å². The minimum atomic E-state index is 0.205. The third kappa shape index (κ3) is 4.26. The number of benzene rings is 1. The highest BCUT2D eigenvalue weighted by Crippen LogP contribution is 2.30. The van der Waals surface area contributed by atoms with Crippen LogP contribution in [0.4, 0.5) is 11.4 Å². The fourth-order valence-electron chi connectivity index (χ4n) is 1.60. The Morgan fingerprint density at radius 2 is 2.00 bits per heavy atom. The van der Waals surface area contributed by atoms with Crippen LogP contribution in [-0.2, 0) is 0 Å². The van der Waals surface area contributed by atoms with E-state index in [2.05, 4.69) is 12.2 Å². The number of aliphatic hydroxyl groups excluding tert-OH is 1. The summed E-state index contributed by atoms with van der Waals surface area (Å²) in [5.41, 5.74) is 7.21. The van der Waals surface area contributed by atoms with Gasteiger partial charge in [-0.05, 0) is 24.5 Å². The van der Waals surface area contributed by atoms with E-state index in [1.165, 1.54) is 0 Å². The summed E-state index contributed by atoms with van der Waals surface area (Å²) in [5.74, 6) is 0.425. The molecular formula is C12H18Cl2N2O. The van der Waals surface area contributed by atoms with Crippen molar-refractivity contribution in [3.8, 4) is 0 Å². The van der Waals surface area contributed by atoms with Gasteiger partial charge in [-0.3, -0.25) is 0 Å². The number of nitrogen functional groups attached to an aromatic ring is 1. The van der Waals surface area contributed by atoms with Crippen LogP contribution in [0.15, 0.2) is 12.1 Å². The molecule has 5 heteroatoms. The highest BCUT2D eigenvalue weighted by Gasteiger charge is 2.08. The number of halogens is 2. The van der Waals surface area contributed by atoms with Crippen LogP contribution in [0.25, 0.3) is 0 Å². The van der Waals surface area contributed by atoms with Gasteiger partial charge in [-0.25, -0.2) is 0 Å². The molecule has 17 heavy (non-hydrogen) atoms. The van der Waals surface area contributed by atoms with Gasteiger partial charge >= 0.3 is 0 Å². The number of nitrogens with two attached hydrogens (primary N) is 1. The SMILES string of the molecule is CCC(CCO)CNc1cc(Cl)c(Cl)cc1N. The molecule has 0 aliphatic heterocycles. The van der Waals surface area contributed by atoms with Gasteiger partial charge in [0, 0.05) is 13.2 Å². The summed E-state index contributed by atoms with van der Waals surface area (Å²) in [5, 5.41) is 13.1. The number of hydrogen-bond acceptors (Lipinski definition) is 3. The normalized spacial score (nSPS) is 12.5. The molecule has 0 amide bonds. The quantitative estimate of drug-likeness (QED) is 0.698. The highest BCUT2D eigenvalue weighted by atomic mass is 35.5. The van der Waals surface area contributed by atoms with Crippen molar-refractivity contribution < 1.29 is 5.11 Å². The zero-order valence-electron chi connectivity index (χ0n) is 9.84. The molecule has 1 rings (SSSR count). The zero-order chi connectivity index (χ0) is 12.8. The van der Waals surface area contributed by atoms with E-state index >= 15 is 0 Å². The Bertz CT molecular complexity index is 372. The number of aliphatic hydroxyl groups is 1. The molecule has 0 radical (unpaired) electrons. The van der Waals surface area contributed by atoms with Gasteiger partial charge in [0.15, 0.2) is 0 Å². The van der Waals surface area contributed by atoms with Crippen LogP contribution < -0.4 is 11.1 Å². The predicted octanol–water partition coefficient (Wildman–Crippen LogP) is 3.40. The minimum absolute atomic E-state index is 0.205. The highest BCUT2D eigenvalue weighted by molar-refractivity contribution is 6.42. The summed E-state index contributed by atoms with van der Waals surface area (Å²) in [6.07, 6.45) is 1.79. The van der Waals surface area contributed by atoms with E-state index < -0.39 is 0 Å². The lowest BCUT2D eigenvalue weighted by Crippen LogP contribution is -2.15. The first kappa shape index (κ1) is 14.4. The van der Waals surface area contributed by atoms with Gasteiger partial charge < -0.3 is 16.2 Å². The second kappa shape index (κ2) is 6.94. The molecule has 0 aromatic heterocycles. The van der Waals surface area contributed by atoms with Crippen molar-refractivity contribution in [2.75, 3.05) is 24.2 Å². The second-order valence-corrected chi connectivity index (χ2v) is 4.84. The summed E-state index contributed by atoms with van der Waals surface area (Å²) in [6.45, 7) is 3.07. The Hall–Kier alpha value is -0.640. The fourth-order valence-corrected chi connectivity index (χ4v) is 1.94. The minimum Gasteiger partial charge on any atom is -0.397 e. The van der Waals surface area contributed by atoms with Gasteiger partial charge in [-0.15, -0.1) is 0 Å². The summed E-state index contributed by atoms with van der Waals surface area (Å²) in [4.78, 5) is 0. The summed E-state index contributed by atoms with van der Waals surface area (Å²) < 4.78 is 0. The molecule has 1 unspecified atom stereocenters. The molecule has 0 spiro atoms. The lowest BCUT2D eigenvalue weighted by Gasteiger charge is -2.16. The van der Waals surface area contributed by atoms with Crippen molar-refractivity contribution in [2.24, 2.45) is 5.92 Å². The van der Waals surface area contributed by atoms with Gasteiger partial charge in [-0.1, -0.05) is 36.5 Å². The first-order chi connectivity index (χ1) is 8.08. The van der Waals surface area contributed by atoms with Gasteiger partial charge in [0.25, 0.3) is 0 Å². The molecule has 0 heterocycles. The molecule has 0 saturated heterocycles. The molecule has 0 bridgehead atoms. The van der Waals surface area contributed by atoms with Crippen molar-refractivity contribution in [1.82, 2.24) is 0 Å². The molecule has 4 N–H and O–H groups in total. The Labute approximate surface area is 112 Å². The van der Waals surface area contributed by atoms with Crippen LogP contribution in [0.3, 0.4) is 0 Å². The Morgan fingerprint density at radius 1 is 1.35 bits per heavy atom. The van der Waals surface area contributed by atoms with Gasteiger partial charge in [0.1, 0.15) is 0 Å². The van der Waals surface area contributed by atoms with Crippen LogP contribution in [0, 0.1) is 5.92 Å². The van der Waals surface area contributed by atoms with Crippen LogP contribution in [-0.4, -0.2) is 18.3 Å². The molecule has 1 aromatic carbocycles. The van der Waals surface area contributed by atoms with E-state index in [1.807, 2.05) is 0 Å². The molecule has 0 aliphatic rings. The van der Waals surface area contributed by atoms with Crippen molar-refractivity contribution in [1.29, 1.82) is 0 Å². The van der Waals surface area contributed by atoms with E-state index in [4.69, 9.17) is 34.0 Å². The second-order valence-electron chi connectivity index (χ2n) is 4.02. The van der Waals surface area contributed by atoms with E-state index in [1.54, 1.807) is 12.1 Å². The number of anilines is 2. The fraction of sp³-hybridized carbons (Fsp3) is 0.500. The maximum atomic E-state index is 8.91. The third-order valence-corrected chi connectivity index (χ3v) is 3.51. The third-order valence-electron chi connectivity index (χ3n) is 2.79. The summed E-state index contributed by atoms with van der Waals surface area (Å²) in [6, 6.07) is 3.37. The van der Waals surface area contributed by atoms with Gasteiger partial charge in [0.05, 0.1) is 21.4 Å². The Balaban J connectivity index is 2.65. The largest absolute Gasteiger partial charge is 0.397 e. The van der Waals surface area contributed by atoms with Crippen LogP contribution in [0.1, 0.15) is 19.8 Å². The smallest absolute Gasteiger partial charge is 0.0614 e. The van der Waals surface area contributed by atoms with E-state index in [9.17, 15) is 0 Å². The number of rotatable bonds is 6. The van der Waals surface area contributed by atoms with E-state index in [0.29, 0.717) is 21.7 Å². The molecular weight excluding hydrogens is 259 g/mol. The van der Waals surface area contributed by atoms with Crippen LogP contribution in [0.2, 0.25) is 10.0 Å². The Kier molecular flexibility index (Phi) is 5.89. The number of hydrogen-bond donors (Lipinski definition) is 3. The lowest BCUT2D eigenvalue weighted by molar-refractivity contribution is 0.258. The molecule has 0 saturated carbocycles. The van der Waals surface area contributed by atoms with Gasteiger partial charge in [0.2, 0.25) is 0 Å². The average Bonchev–Trinajstić information content (AvgIpc) is 2.30. The predicted molar refractivity (Wildman–Crippen MR) is 74.8 cm³/mol. The summed E-state index contributed by atoms with van der Waals surface area (Å²) >= 11 is 11.8. The Morgan fingerprint density at radius 3 is 2.59 bits per heavy atom. The molecule has 0 aliphatic carbocycles. The molecule has 0 fully saturated rings. The maximum absolute atomic E-state index is 8.91. The van der Waals surface area contributed by atoms with Gasteiger partial charge in [-0.2, -0.15) is 0 Å². The van der Waals surface area contributed by atoms with Crippen LogP contribution >= 0.6 is 23.2 Å². The van der Waals surface area contributed by atoms with Crippen molar-refractivity contribution in [2.45, 2.75) is 19.8 Å². The van der Waals surface area contributed by atoms with E-state index in [-0.39, 0.29) is 6.61 Å². The molecule has 96 valence electrons. The monoisotopic (exact) mass is 276 g/mol. The zero-order valence-corrected chi connectivity index (χ0v) is 11.4. The van der Waals surface area contributed by atoms with Crippen molar-refractivity contribution in [3.63, 3.8) is 0 Å².